The number of hydrogen-bond donors (Lipinski definition) is 2. The number of benzene rings is 1. The largest absolute Gasteiger partial charge is 0.507 e. The van der Waals surface area contributed by atoms with Crippen LogP contribution in [0.2, 0.25) is 0 Å². The number of pyridine rings is 1. The first-order chi connectivity index (χ1) is 6.70. The molecular weight excluding hydrogens is 182 g/mol. The topological polar surface area (TPSA) is 70.4 Å². The van der Waals surface area contributed by atoms with Gasteiger partial charge in [0.25, 0.3) is 0 Å². The van der Waals surface area contributed by atoms with E-state index < -0.39 is 5.97 Å². The van der Waals surface area contributed by atoms with Crippen LogP contribution in [0.1, 0.15) is 10.4 Å². The van der Waals surface area contributed by atoms with Gasteiger partial charge in [0, 0.05) is 23.2 Å². The van der Waals surface area contributed by atoms with E-state index in [0.717, 1.165) is 0 Å². The average Bonchev–Trinajstić information content (AvgIpc) is 2.17. The Labute approximate surface area is 79.4 Å². The number of aromatic nitrogens is 1. The van der Waals surface area contributed by atoms with Crippen molar-refractivity contribution in [3.63, 3.8) is 0 Å². The minimum absolute atomic E-state index is 0.0788. The molecule has 2 rings (SSSR count). The second kappa shape index (κ2) is 2.99. The Morgan fingerprint density at radius 3 is 2.79 bits per heavy atom. The maximum atomic E-state index is 10.9. The van der Waals surface area contributed by atoms with E-state index in [-0.39, 0.29) is 11.3 Å². The molecule has 1 aromatic carbocycles. The van der Waals surface area contributed by atoms with E-state index in [0.29, 0.717) is 10.8 Å². The van der Waals surface area contributed by atoms with Gasteiger partial charge in [-0.25, -0.2) is 4.79 Å². The fourth-order valence-corrected chi connectivity index (χ4v) is 1.38. The van der Waals surface area contributed by atoms with Crippen molar-refractivity contribution in [1.29, 1.82) is 0 Å². The van der Waals surface area contributed by atoms with Gasteiger partial charge in [-0.2, -0.15) is 0 Å². The molecule has 0 bridgehead atoms. The Bertz CT molecular complexity index is 508. The van der Waals surface area contributed by atoms with E-state index in [2.05, 4.69) is 4.98 Å². The first-order valence-corrected chi connectivity index (χ1v) is 3.99. The number of carbonyl (C=O) groups is 1. The van der Waals surface area contributed by atoms with Crippen LogP contribution in [0, 0.1) is 0 Å². The van der Waals surface area contributed by atoms with Crippen molar-refractivity contribution in [3.05, 3.63) is 36.2 Å². The summed E-state index contributed by atoms with van der Waals surface area (Å²) < 4.78 is 0. The number of carboxylic acid groups (broad SMARTS) is 1. The SMILES string of the molecule is O=C(O)c1c(O)ccc2cnccc12. The van der Waals surface area contributed by atoms with Crippen molar-refractivity contribution in [1.82, 2.24) is 4.98 Å². The molecule has 2 N–H and O–H groups in total. The van der Waals surface area contributed by atoms with Crippen LogP contribution in [0.15, 0.2) is 30.6 Å². The van der Waals surface area contributed by atoms with Gasteiger partial charge in [0.05, 0.1) is 0 Å². The Morgan fingerprint density at radius 1 is 1.29 bits per heavy atom. The van der Waals surface area contributed by atoms with E-state index in [4.69, 9.17) is 5.11 Å². The van der Waals surface area contributed by atoms with Crippen molar-refractivity contribution in [2.75, 3.05) is 0 Å². The van der Waals surface area contributed by atoms with E-state index in [1.165, 1.54) is 12.3 Å². The quantitative estimate of drug-likeness (QED) is 0.715. The molecular formula is C10H7NO3. The highest BCUT2D eigenvalue weighted by molar-refractivity contribution is 6.05. The molecule has 0 fully saturated rings. The minimum atomic E-state index is -1.14. The lowest BCUT2D eigenvalue weighted by Crippen LogP contribution is -1.98. The molecule has 2 aromatic rings. The average molecular weight is 189 g/mol. The Balaban J connectivity index is 2.90. The lowest BCUT2D eigenvalue weighted by Gasteiger charge is -2.03. The minimum Gasteiger partial charge on any atom is -0.507 e. The predicted octanol–water partition coefficient (Wildman–Crippen LogP) is 1.64. The van der Waals surface area contributed by atoms with E-state index in [1.54, 1.807) is 18.3 Å². The third kappa shape index (κ3) is 1.17. The van der Waals surface area contributed by atoms with Gasteiger partial charge in [0.15, 0.2) is 0 Å². The van der Waals surface area contributed by atoms with Crippen molar-refractivity contribution >= 4 is 16.7 Å². The summed E-state index contributed by atoms with van der Waals surface area (Å²) in [4.78, 5) is 14.7. The Hall–Kier alpha value is -2.10. The summed E-state index contributed by atoms with van der Waals surface area (Å²) in [5.41, 5.74) is -0.0788. The van der Waals surface area contributed by atoms with E-state index in [9.17, 15) is 9.90 Å². The molecule has 1 aromatic heterocycles. The van der Waals surface area contributed by atoms with Crippen molar-refractivity contribution in [2.45, 2.75) is 0 Å². The molecule has 4 heteroatoms. The Kier molecular flexibility index (Phi) is 1.81. The van der Waals surface area contributed by atoms with Gasteiger partial charge >= 0.3 is 5.97 Å². The molecule has 0 saturated heterocycles. The number of nitrogens with zero attached hydrogens (tertiary/aromatic N) is 1. The van der Waals surface area contributed by atoms with Gasteiger partial charge in [0.2, 0.25) is 0 Å². The number of hydrogen-bond acceptors (Lipinski definition) is 3. The molecule has 0 unspecified atom stereocenters. The normalized spacial score (nSPS) is 10.3. The Morgan fingerprint density at radius 2 is 2.07 bits per heavy atom. The van der Waals surface area contributed by atoms with Gasteiger partial charge < -0.3 is 10.2 Å². The lowest BCUT2D eigenvalue weighted by atomic mass is 10.1. The molecule has 0 aliphatic heterocycles. The van der Waals surface area contributed by atoms with Crippen LogP contribution in [-0.2, 0) is 0 Å². The van der Waals surface area contributed by atoms with Crippen LogP contribution < -0.4 is 0 Å². The number of rotatable bonds is 1. The smallest absolute Gasteiger partial charge is 0.340 e. The lowest BCUT2D eigenvalue weighted by molar-refractivity contribution is 0.0696. The van der Waals surface area contributed by atoms with Crippen LogP contribution in [0.3, 0.4) is 0 Å². The van der Waals surface area contributed by atoms with Gasteiger partial charge in [0.1, 0.15) is 11.3 Å². The summed E-state index contributed by atoms with van der Waals surface area (Å²) in [5.74, 6) is -1.37. The van der Waals surface area contributed by atoms with Crippen LogP contribution in [0.4, 0.5) is 0 Å². The summed E-state index contributed by atoms with van der Waals surface area (Å²) >= 11 is 0. The molecule has 0 atom stereocenters. The number of aromatic hydroxyl groups is 1. The van der Waals surface area contributed by atoms with Gasteiger partial charge in [-0.3, -0.25) is 4.98 Å². The molecule has 0 spiro atoms. The van der Waals surface area contributed by atoms with Crippen LogP contribution in [0.25, 0.3) is 10.8 Å². The zero-order valence-electron chi connectivity index (χ0n) is 7.14. The zero-order valence-corrected chi connectivity index (χ0v) is 7.14. The fraction of sp³-hybridized carbons (Fsp3) is 0. The molecule has 0 radical (unpaired) electrons. The van der Waals surface area contributed by atoms with Crippen molar-refractivity contribution in [3.8, 4) is 5.75 Å². The fourth-order valence-electron chi connectivity index (χ4n) is 1.38. The first kappa shape index (κ1) is 8.50. The molecule has 1 heterocycles. The molecule has 0 aliphatic carbocycles. The van der Waals surface area contributed by atoms with Crippen LogP contribution in [-0.4, -0.2) is 21.2 Å². The third-order valence-corrected chi connectivity index (χ3v) is 2.01. The summed E-state index contributed by atoms with van der Waals surface area (Å²) in [6, 6.07) is 4.55. The van der Waals surface area contributed by atoms with Crippen molar-refractivity contribution < 1.29 is 15.0 Å². The predicted molar refractivity (Wildman–Crippen MR) is 50.4 cm³/mol. The number of carboxylic acids is 1. The van der Waals surface area contributed by atoms with Gasteiger partial charge in [-0.15, -0.1) is 0 Å². The van der Waals surface area contributed by atoms with Crippen LogP contribution >= 0.6 is 0 Å². The summed E-state index contributed by atoms with van der Waals surface area (Å²) in [5, 5.41) is 19.5. The molecule has 0 saturated carbocycles. The molecule has 4 nitrogen and oxygen atoms in total. The number of aromatic carboxylic acids is 1. The van der Waals surface area contributed by atoms with Gasteiger partial charge in [-0.1, -0.05) is 0 Å². The summed E-state index contributed by atoms with van der Waals surface area (Å²) in [6.07, 6.45) is 3.05. The maximum absolute atomic E-state index is 10.9. The maximum Gasteiger partial charge on any atom is 0.340 e. The van der Waals surface area contributed by atoms with Gasteiger partial charge in [-0.05, 0) is 18.2 Å². The highest BCUT2D eigenvalue weighted by atomic mass is 16.4. The number of phenols is 1. The standard InChI is InChI=1S/C10H7NO3/c12-8-2-1-6-5-11-4-3-7(6)9(8)10(13)14/h1-5,12H,(H,13,14). The van der Waals surface area contributed by atoms with E-state index in [1.807, 2.05) is 0 Å². The molecule has 70 valence electrons. The second-order valence-corrected chi connectivity index (χ2v) is 2.86. The second-order valence-electron chi connectivity index (χ2n) is 2.86. The molecule has 14 heavy (non-hydrogen) atoms. The van der Waals surface area contributed by atoms with Crippen molar-refractivity contribution in [2.24, 2.45) is 0 Å². The van der Waals surface area contributed by atoms with E-state index >= 15 is 0 Å². The monoisotopic (exact) mass is 189 g/mol. The highest BCUT2D eigenvalue weighted by Gasteiger charge is 2.13. The first-order valence-electron chi connectivity index (χ1n) is 3.99. The molecule has 0 aliphatic rings. The summed E-state index contributed by atoms with van der Waals surface area (Å²) in [7, 11) is 0. The number of fused-ring (bicyclic) bond motifs is 1. The van der Waals surface area contributed by atoms with Crippen LogP contribution in [0.5, 0.6) is 5.75 Å². The highest BCUT2D eigenvalue weighted by Crippen LogP contribution is 2.26. The zero-order chi connectivity index (χ0) is 10.1. The third-order valence-electron chi connectivity index (χ3n) is 2.01. The molecule has 0 amide bonds. The summed E-state index contributed by atoms with van der Waals surface area (Å²) in [6.45, 7) is 0.